The van der Waals surface area contributed by atoms with Crippen molar-refractivity contribution in [3.8, 4) is 33.6 Å². The maximum Gasteiger partial charge on any atom is 0.0266 e. The number of aryl methyl sites for hydroxylation is 4. The van der Waals surface area contributed by atoms with Crippen molar-refractivity contribution in [3.63, 3.8) is 0 Å². The average Bonchev–Trinajstić information content (AvgIpc) is 2.94. The molecule has 41 heavy (non-hydrogen) atoms. The van der Waals surface area contributed by atoms with Gasteiger partial charge in [0, 0.05) is 32.0 Å². The minimum atomic E-state index is 0. The van der Waals surface area contributed by atoms with Gasteiger partial charge in [0.1, 0.15) is 0 Å². The second-order valence-electron chi connectivity index (χ2n) is 12.1. The quantitative estimate of drug-likeness (QED) is 0.170. The number of pyridine rings is 2. The zero-order valence-electron chi connectivity index (χ0n) is 25.3. The SMILES string of the molecule is Cc1c[c-]c(-c2cc(C)c(C)cn2)cc1.Cc1cccc(-c2[c-]cc3c(c2)-c2ccccc2C(C)(C)C3(C)C)n1.[Ir]. The Morgan fingerprint density at radius 1 is 0.610 bits per heavy atom. The summed E-state index contributed by atoms with van der Waals surface area (Å²) in [6.07, 6.45) is 1.92. The van der Waals surface area contributed by atoms with Crippen molar-refractivity contribution in [2.45, 2.75) is 66.2 Å². The summed E-state index contributed by atoms with van der Waals surface area (Å²) in [4.78, 5) is 9.09. The molecule has 3 heteroatoms. The van der Waals surface area contributed by atoms with Gasteiger partial charge in [0.2, 0.25) is 0 Å². The maximum absolute atomic E-state index is 4.68. The Morgan fingerprint density at radius 3 is 2.00 bits per heavy atom. The Kier molecular flexibility index (Phi) is 8.83. The van der Waals surface area contributed by atoms with Crippen molar-refractivity contribution < 1.29 is 20.1 Å². The van der Waals surface area contributed by atoms with Gasteiger partial charge in [-0.1, -0.05) is 88.2 Å². The summed E-state index contributed by atoms with van der Waals surface area (Å²) in [6, 6.07) is 34.4. The van der Waals surface area contributed by atoms with Crippen LogP contribution in [0.5, 0.6) is 0 Å². The monoisotopic (exact) mass is 715 g/mol. The summed E-state index contributed by atoms with van der Waals surface area (Å²) < 4.78 is 0. The molecule has 1 radical (unpaired) electrons. The summed E-state index contributed by atoms with van der Waals surface area (Å²) in [5.41, 5.74) is 14.4. The first-order chi connectivity index (χ1) is 19.0. The van der Waals surface area contributed by atoms with Gasteiger partial charge in [0.15, 0.2) is 0 Å². The van der Waals surface area contributed by atoms with Crippen LogP contribution in [-0.4, -0.2) is 9.97 Å². The molecule has 2 aromatic heterocycles. The van der Waals surface area contributed by atoms with Crippen LogP contribution in [0, 0.1) is 39.8 Å². The van der Waals surface area contributed by atoms with E-state index < -0.39 is 0 Å². The first-order valence-corrected chi connectivity index (χ1v) is 14.0. The molecule has 6 rings (SSSR count). The van der Waals surface area contributed by atoms with E-state index in [9.17, 15) is 0 Å². The van der Waals surface area contributed by atoms with Gasteiger partial charge in [-0.15, -0.1) is 64.7 Å². The van der Waals surface area contributed by atoms with Crippen LogP contribution in [0.2, 0.25) is 0 Å². The second-order valence-corrected chi connectivity index (χ2v) is 12.1. The van der Waals surface area contributed by atoms with E-state index in [1.807, 2.05) is 25.3 Å². The molecule has 0 amide bonds. The van der Waals surface area contributed by atoms with Crippen molar-refractivity contribution in [1.29, 1.82) is 0 Å². The summed E-state index contributed by atoms with van der Waals surface area (Å²) in [6.45, 7) is 17.7. The smallest absolute Gasteiger partial charge is 0.0266 e. The predicted octanol–water partition coefficient (Wildman–Crippen LogP) is 9.56. The zero-order chi connectivity index (χ0) is 28.7. The van der Waals surface area contributed by atoms with Crippen LogP contribution in [0.4, 0.5) is 0 Å². The standard InChI is InChI=1S/C24H24N.C14H14N.Ir/c1-16-9-8-12-22(25-16)17-13-14-21-19(15-17)18-10-6-7-11-20(18)23(2,3)24(21,4)5;1-10-4-6-13(7-5-10)14-8-11(2)12(3)9-15-14;/h6-12,14-15H,1-5H3;4-6,8-9H,1-3H3;/q2*-1;. The zero-order valence-corrected chi connectivity index (χ0v) is 27.7. The summed E-state index contributed by atoms with van der Waals surface area (Å²) >= 11 is 0. The molecule has 0 fully saturated rings. The number of benzene rings is 3. The number of nitrogens with zero attached hydrogens (tertiary/aromatic N) is 2. The average molecular weight is 715 g/mol. The predicted molar refractivity (Wildman–Crippen MR) is 167 cm³/mol. The molecular formula is C38H38IrN2-2. The molecule has 0 atom stereocenters. The normalized spacial score (nSPS) is 14.0. The van der Waals surface area contributed by atoms with Gasteiger partial charge in [-0.05, 0) is 65.7 Å². The number of fused-ring (bicyclic) bond motifs is 3. The minimum Gasteiger partial charge on any atom is -0.304 e. The molecule has 0 N–H and O–H groups in total. The Balaban J connectivity index is 0.000000208. The van der Waals surface area contributed by atoms with Crippen molar-refractivity contribution in [3.05, 3.63) is 131 Å². The Hall–Kier alpha value is -3.39. The van der Waals surface area contributed by atoms with E-state index in [-0.39, 0.29) is 30.9 Å². The van der Waals surface area contributed by atoms with E-state index in [2.05, 4.69) is 137 Å². The molecule has 211 valence electrons. The van der Waals surface area contributed by atoms with Gasteiger partial charge in [0.25, 0.3) is 0 Å². The molecule has 3 aromatic carbocycles. The Morgan fingerprint density at radius 2 is 1.32 bits per heavy atom. The fourth-order valence-corrected chi connectivity index (χ4v) is 5.44. The van der Waals surface area contributed by atoms with Crippen LogP contribution in [0.25, 0.3) is 33.6 Å². The molecule has 0 spiro atoms. The van der Waals surface area contributed by atoms with E-state index in [0.717, 1.165) is 28.2 Å². The fraction of sp³-hybridized carbons (Fsp3) is 0.263. The van der Waals surface area contributed by atoms with Gasteiger partial charge in [-0.3, -0.25) is 0 Å². The van der Waals surface area contributed by atoms with Crippen LogP contribution in [0.3, 0.4) is 0 Å². The molecule has 2 nitrogen and oxygen atoms in total. The first kappa shape index (κ1) is 30.6. The van der Waals surface area contributed by atoms with Gasteiger partial charge in [0.05, 0.1) is 0 Å². The van der Waals surface area contributed by atoms with Gasteiger partial charge >= 0.3 is 0 Å². The molecule has 2 heterocycles. The molecule has 0 saturated heterocycles. The number of rotatable bonds is 2. The molecule has 1 aliphatic carbocycles. The van der Waals surface area contributed by atoms with Crippen LogP contribution in [0.15, 0.2) is 85.1 Å². The third-order valence-corrected chi connectivity index (χ3v) is 8.86. The van der Waals surface area contributed by atoms with E-state index >= 15 is 0 Å². The number of aromatic nitrogens is 2. The molecule has 5 aromatic rings. The Labute approximate surface area is 259 Å². The molecular weight excluding hydrogens is 677 g/mol. The third kappa shape index (κ3) is 5.85. The van der Waals surface area contributed by atoms with Crippen LogP contribution in [-0.2, 0) is 30.9 Å². The fourth-order valence-electron chi connectivity index (χ4n) is 5.44. The Bertz CT molecular complexity index is 1680. The van der Waals surface area contributed by atoms with Gasteiger partial charge in [-0.2, -0.15) is 0 Å². The molecule has 0 unspecified atom stereocenters. The second kappa shape index (κ2) is 11.8. The van der Waals surface area contributed by atoms with Crippen LogP contribution < -0.4 is 0 Å². The molecule has 0 saturated carbocycles. The number of hydrogen-bond acceptors (Lipinski definition) is 2. The van der Waals surface area contributed by atoms with E-state index in [1.54, 1.807) is 0 Å². The summed E-state index contributed by atoms with van der Waals surface area (Å²) in [5, 5.41) is 0. The van der Waals surface area contributed by atoms with E-state index in [4.69, 9.17) is 0 Å². The van der Waals surface area contributed by atoms with Crippen molar-refractivity contribution in [1.82, 2.24) is 9.97 Å². The van der Waals surface area contributed by atoms with Gasteiger partial charge in [-0.25, -0.2) is 0 Å². The topological polar surface area (TPSA) is 25.8 Å². The van der Waals surface area contributed by atoms with Gasteiger partial charge < -0.3 is 9.97 Å². The van der Waals surface area contributed by atoms with E-state index in [0.29, 0.717) is 0 Å². The van der Waals surface area contributed by atoms with Crippen molar-refractivity contribution >= 4 is 0 Å². The van der Waals surface area contributed by atoms with Crippen LogP contribution in [0.1, 0.15) is 61.2 Å². The van der Waals surface area contributed by atoms with E-state index in [1.165, 1.54) is 38.9 Å². The van der Waals surface area contributed by atoms with Crippen LogP contribution >= 0.6 is 0 Å². The number of hydrogen-bond donors (Lipinski definition) is 0. The minimum absolute atomic E-state index is 0. The van der Waals surface area contributed by atoms with Crippen molar-refractivity contribution in [2.75, 3.05) is 0 Å². The summed E-state index contributed by atoms with van der Waals surface area (Å²) in [5.74, 6) is 0. The first-order valence-electron chi connectivity index (χ1n) is 14.0. The van der Waals surface area contributed by atoms with Crippen molar-refractivity contribution in [2.24, 2.45) is 0 Å². The third-order valence-electron chi connectivity index (χ3n) is 8.86. The largest absolute Gasteiger partial charge is 0.304 e. The summed E-state index contributed by atoms with van der Waals surface area (Å²) in [7, 11) is 0. The molecule has 1 aliphatic rings. The molecule has 0 bridgehead atoms. The molecule has 0 aliphatic heterocycles. The maximum atomic E-state index is 4.68.